The van der Waals surface area contributed by atoms with E-state index in [4.69, 9.17) is 23.1 Å². The SMILES string of the molecule is CC(C)C[C@H](NC(=S)[C@H](Cc1ccccc1)NC(=O)[C@@H]1CCCN1C(=O)[C@@H](N)CC(=O)O)B(O)O. The molecule has 0 saturated carbocycles. The topological polar surface area (TPSA) is 165 Å². The van der Waals surface area contributed by atoms with Gasteiger partial charge >= 0.3 is 13.1 Å². The van der Waals surface area contributed by atoms with Gasteiger partial charge in [0.25, 0.3) is 0 Å². The molecule has 1 fully saturated rings. The van der Waals surface area contributed by atoms with Gasteiger partial charge in [-0.25, -0.2) is 0 Å². The van der Waals surface area contributed by atoms with Crippen molar-refractivity contribution in [1.82, 2.24) is 15.5 Å². The predicted octanol–water partition coefficient (Wildman–Crippen LogP) is -0.149. The van der Waals surface area contributed by atoms with E-state index in [2.05, 4.69) is 10.6 Å². The van der Waals surface area contributed by atoms with Gasteiger partial charge in [0.1, 0.15) is 6.04 Å². The van der Waals surface area contributed by atoms with Crippen LogP contribution in [0.25, 0.3) is 0 Å². The minimum atomic E-state index is -1.64. The highest BCUT2D eigenvalue weighted by Crippen LogP contribution is 2.19. The molecular formula is C23H35BN4O6S. The quantitative estimate of drug-likeness (QED) is 0.167. The first-order chi connectivity index (χ1) is 16.5. The summed E-state index contributed by atoms with van der Waals surface area (Å²) in [5.74, 6) is -2.73. The Labute approximate surface area is 211 Å². The molecule has 1 aliphatic rings. The molecule has 1 aliphatic heterocycles. The Morgan fingerprint density at radius 3 is 2.43 bits per heavy atom. The molecule has 2 rings (SSSR count). The largest absolute Gasteiger partial charge is 0.481 e. The third-order valence-electron chi connectivity index (χ3n) is 5.88. The van der Waals surface area contributed by atoms with Crippen molar-refractivity contribution in [2.24, 2.45) is 11.7 Å². The molecule has 2 amide bonds. The van der Waals surface area contributed by atoms with Gasteiger partial charge in [0.15, 0.2) is 0 Å². The monoisotopic (exact) mass is 506 g/mol. The number of hydrogen-bond donors (Lipinski definition) is 6. The molecule has 0 unspecified atom stereocenters. The number of aliphatic carboxylic acids is 1. The first-order valence-corrected chi connectivity index (χ1v) is 12.2. The number of thiocarbonyl (C=S) groups is 1. The Bertz CT molecular complexity index is 888. The van der Waals surface area contributed by atoms with E-state index < -0.39 is 55.4 Å². The van der Waals surface area contributed by atoms with Crippen molar-refractivity contribution < 1.29 is 29.5 Å². The summed E-state index contributed by atoms with van der Waals surface area (Å²) in [6.45, 7) is 4.21. The van der Waals surface area contributed by atoms with Crippen molar-refractivity contribution in [3.8, 4) is 0 Å². The van der Waals surface area contributed by atoms with Crippen molar-refractivity contribution in [3.05, 3.63) is 35.9 Å². The highest BCUT2D eigenvalue weighted by molar-refractivity contribution is 7.80. The maximum atomic E-state index is 13.3. The van der Waals surface area contributed by atoms with Gasteiger partial charge in [0.2, 0.25) is 11.8 Å². The summed E-state index contributed by atoms with van der Waals surface area (Å²) >= 11 is 5.57. The minimum Gasteiger partial charge on any atom is -0.481 e. The lowest BCUT2D eigenvalue weighted by molar-refractivity contribution is -0.143. The zero-order valence-corrected chi connectivity index (χ0v) is 20.9. The molecule has 0 bridgehead atoms. The molecular weight excluding hydrogens is 471 g/mol. The van der Waals surface area contributed by atoms with E-state index in [1.165, 1.54) is 4.90 Å². The van der Waals surface area contributed by atoms with E-state index in [0.717, 1.165) is 5.56 Å². The Morgan fingerprint density at radius 1 is 1.20 bits per heavy atom. The number of carboxylic acids is 1. The highest BCUT2D eigenvalue weighted by Gasteiger charge is 2.38. The van der Waals surface area contributed by atoms with Crippen LogP contribution in [-0.4, -0.2) is 80.6 Å². The molecule has 12 heteroatoms. The summed E-state index contributed by atoms with van der Waals surface area (Å²) in [7, 11) is -1.64. The number of benzene rings is 1. The van der Waals surface area contributed by atoms with Crippen LogP contribution in [0.2, 0.25) is 0 Å². The summed E-state index contributed by atoms with van der Waals surface area (Å²) in [6.07, 6.45) is 1.29. The third-order valence-corrected chi connectivity index (χ3v) is 6.28. The zero-order valence-electron chi connectivity index (χ0n) is 20.1. The number of nitrogens with two attached hydrogens (primary N) is 1. The number of likely N-dealkylation sites (tertiary alicyclic amines) is 1. The normalized spacial score (nSPS) is 18.0. The molecule has 10 nitrogen and oxygen atoms in total. The van der Waals surface area contributed by atoms with Crippen molar-refractivity contribution in [3.63, 3.8) is 0 Å². The minimum absolute atomic E-state index is 0.173. The first kappa shape index (κ1) is 28.7. The van der Waals surface area contributed by atoms with Gasteiger partial charge < -0.3 is 36.4 Å². The molecule has 1 heterocycles. The zero-order chi connectivity index (χ0) is 26.1. The molecule has 1 saturated heterocycles. The molecule has 0 aromatic heterocycles. The molecule has 35 heavy (non-hydrogen) atoms. The van der Waals surface area contributed by atoms with Gasteiger partial charge in [-0.15, -0.1) is 0 Å². The van der Waals surface area contributed by atoms with Crippen LogP contribution in [0.15, 0.2) is 30.3 Å². The van der Waals surface area contributed by atoms with Gasteiger partial charge in [0.05, 0.1) is 29.4 Å². The number of carboxylic acid groups (broad SMARTS) is 1. The van der Waals surface area contributed by atoms with Crippen LogP contribution in [0.1, 0.15) is 45.1 Å². The van der Waals surface area contributed by atoms with Crippen molar-refractivity contribution >= 4 is 42.1 Å². The molecule has 0 radical (unpaired) electrons. The van der Waals surface area contributed by atoms with Crippen LogP contribution < -0.4 is 16.4 Å². The lowest BCUT2D eigenvalue weighted by Crippen LogP contribution is -2.57. The van der Waals surface area contributed by atoms with E-state index in [9.17, 15) is 24.4 Å². The fourth-order valence-corrected chi connectivity index (χ4v) is 4.46. The summed E-state index contributed by atoms with van der Waals surface area (Å²) in [5.41, 5.74) is 6.66. The Balaban J connectivity index is 2.18. The Morgan fingerprint density at radius 2 is 1.86 bits per heavy atom. The Kier molecular flexibility index (Phi) is 11.1. The van der Waals surface area contributed by atoms with Gasteiger partial charge in [-0.2, -0.15) is 0 Å². The number of carbonyl (C=O) groups is 3. The molecule has 1 aromatic rings. The maximum Gasteiger partial charge on any atom is 0.475 e. The number of carbonyl (C=O) groups excluding carboxylic acids is 2. The van der Waals surface area contributed by atoms with Crippen LogP contribution in [0.3, 0.4) is 0 Å². The van der Waals surface area contributed by atoms with Crippen LogP contribution >= 0.6 is 12.2 Å². The van der Waals surface area contributed by atoms with Gasteiger partial charge in [-0.1, -0.05) is 56.4 Å². The number of nitrogens with one attached hydrogen (secondary N) is 2. The van der Waals surface area contributed by atoms with E-state index in [1.807, 2.05) is 44.2 Å². The number of amides is 2. The van der Waals surface area contributed by atoms with Crippen LogP contribution in [0.5, 0.6) is 0 Å². The highest BCUT2D eigenvalue weighted by atomic mass is 32.1. The second-order valence-corrected chi connectivity index (χ2v) is 9.74. The van der Waals surface area contributed by atoms with E-state index in [0.29, 0.717) is 32.2 Å². The lowest BCUT2D eigenvalue weighted by atomic mass is 9.75. The summed E-state index contributed by atoms with van der Waals surface area (Å²) in [6, 6.07) is 6.70. The Hall–Kier alpha value is -2.54. The lowest BCUT2D eigenvalue weighted by Gasteiger charge is -2.30. The van der Waals surface area contributed by atoms with E-state index in [-0.39, 0.29) is 10.9 Å². The standard InChI is InChI=1S/C23H35BN4O6S/c1-14(2)11-19(24(33)34)27-22(35)17(12-15-7-4-3-5-8-15)26-21(31)18-9-6-10-28(18)23(32)16(25)13-20(29)30/h3-5,7-8,14,16-19,33-34H,6,9-13,25H2,1-2H3,(H,26,31)(H,27,35)(H,29,30)/t16-,17-,18-,19-/m0/s1. The molecule has 4 atom stereocenters. The van der Waals surface area contributed by atoms with Crippen LogP contribution in [0, 0.1) is 5.92 Å². The average Bonchev–Trinajstić information content (AvgIpc) is 3.27. The third kappa shape index (κ3) is 8.88. The molecule has 0 spiro atoms. The van der Waals surface area contributed by atoms with Crippen LogP contribution in [-0.2, 0) is 20.8 Å². The number of hydrogen-bond acceptors (Lipinski definition) is 7. The number of rotatable bonds is 12. The van der Waals surface area contributed by atoms with Crippen LogP contribution in [0.4, 0.5) is 0 Å². The fourth-order valence-electron chi connectivity index (χ4n) is 4.16. The first-order valence-electron chi connectivity index (χ1n) is 11.8. The van der Waals surface area contributed by atoms with Gasteiger partial charge in [0, 0.05) is 6.54 Å². The average molecular weight is 506 g/mol. The smallest absolute Gasteiger partial charge is 0.475 e. The van der Waals surface area contributed by atoms with E-state index >= 15 is 0 Å². The van der Waals surface area contributed by atoms with Crippen molar-refractivity contribution in [2.45, 2.75) is 70.0 Å². The summed E-state index contributed by atoms with van der Waals surface area (Å²) in [5, 5.41) is 34.4. The molecule has 7 N–H and O–H groups in total. The second-order valence-electron chi connectivity index (χ2n) is 9.30. The molecule has 0 aliphatic carbocycles. The summed E-state index contributed by atoms with van der Waals surface area (Å²) < 4.78 is 0. The van der Waals surface area contributed by atoms with Gasteiger partial charge in [-0.05, 0) is 37.2 Å². The molecule has 1 aromatic carbocycles. The predicted molar refractivity (Wildman–Crippen MR) is 136 cm³/mol. The van der Waals surface area contributed by atoms with Crippen molar-refractivity contribution in [1.29, 1.82) is 0 Å². The molecule has 192 valence electrons. The van der Waals surface area contributed by atoms with Crippen molar-refractivity contribution in [2.75, 3.05) is 6.54 Å². The summed E-state index contributed by atoms with van der Waals surface area (Å²) in [4.78, 5) is 38.5. The van der Waals surface area contributed by atoms with E-state index in [1.54, 1.807) is 0 Å². The van der Waals surface area contributed by atoms with Gasteiger partial charge in [-0.3, -0.25) is 14.4 Å². The number of nitrogens with zero attached hydrogens (tertiary/aromatic N) is 1. The second kappa shape index (κ2) is 13.5. The maximum absolute atomic E-state index is 13.3. The fraction of sp³-hybridized carbons (Fsp3) is 0.565.